The smallest absolute Gasteiger partial charge is 0.255 e. The molecule has 0 saturated carbocycles. The Kier molecular flexibility index (Phi) is 6.61. The zero-order chi connectivity index (χ0) is 22.7. The molecule has 4 rings (SSSR count). The van der Waals surface area contributed by atoms with E-state index in [1.165, 1.54) is 5.56 Å². The van der Waals surface area contributed by atoms with Gasteiger partial charge < -0.3 is 14.5 Å². The summed E-state index contributed by atoms with van der Waals surface area (Å²) in [7, 11) is 0. The molecule has 1 amide bonds. The molecule has 3 aromatic carbocycles. The average Bonchev–Trinajstić information content (AvgIpc) is 3.23. The van der Waals surface area contributed by atoms with Crippen LogP contribution < -0.4 is 10.1 Å². The maximum absolute atomic E-state index is 12.6. The molecule has 4 aromatic rings. The molecule has 0 aliphatic carbocycles. The number of carbonyl (C=O) groups is 1. The van der Waals surface area contributed by atoms with Gasteiger partial charge in [0.2, 0.25) is 5.89 Å². The van der Waals surface area contributed by atoms with E-state index in [-0.39, 0.29) is 5.91 Å². The molecule has 0 spiro atoms. The lowest BCUT2D eigenvalue weighted by molar-refractivity contribution is 0.102. The van der Waals surface area contributed by atoms with Crippen molar-refractivity contribution in [2.75, 3.05) is 11.9 Å². The zero-order valence-corrected chi connectivity index (χ0v) is 19.9. The minimum atomic E-state index is -0.194. The fraction of sp³-hybridized carbons (Fsp3) is 0.231. The molecular formula is C26H25BrN2O3. The highest BCUT2D eigenvalue weighted by molar-refractivity contribution is 9.10. The zero-order valence-electron chi connectivity index (χ0n) is 18.3. The average molecular weight is 493 g/mol. The van der Waals surface area contributed by atoms with Gasteiger partial charge in [-0.25, -0.2) is 4.98 Å². The van der Waals surface area contributed by atoms with E-state index in [1.54, 1.807) is 18.2 Å². The Bertz CT molecular complexity index is 1250. The van der Waals surface area contributed by atoms with E-state index in [9.17, 15) is 4.79 Å². The minimum Gasteiger partial charge on any atom is -0.493 e. The first-order chi connectivity index (χ1) is 15.5. The van der Waals surface area contributed by atoms with E-state index in [1.807, 2.05) is 37.3 Å². The number of aromatic nitrogens is 1. The molecule has 0 radical (unpaired) electrons. The number of nitrogens with zero attached hydrogens (tertiary/aromatic N) is 1. The van der Waals surface area contributed by atoms with Crippen molar-refractivity contribution in [1.82, 2.24) is 4.98 Å². The minimum absolute atomic E-state index is 0.194. The third-order valence-corrected chi connectivity index (χ3v) is 6.10. The van der Waals surface area contributed by atoms with Crippen molar-refractivity contribution in [2.24, 2.45) is 0 Å². The Morgan fingerprint density at radius 1 is 1.09 bits per heavy atom. The summed E-state index contributed by atoms with van der Waals surface area (Å²) in [5, 5.41) is 2.92. The number of fused-ring (bicyclic) bond motifs is 1. The molecule has 1 unspecified atom stereocenters. The number of amides is 1. The van der Waals surface area contributed by atoms with Crippen LogP contribution in [0, 0.1) is 0 Å². The molecule has 6 heteroatoms. The molecule has 1 atom stereocenters. The van der Waals surface area contributed by atoms with E-state index < -0.39 is 0 Å². The van der Waals surface area contributed by atoms with Crippen molar-refractivity contribution in [3.8, 4) is 17.2 Å². The van der Waals surface area contributed by atoms with Crippen LogP contribution in [0.1, 0.15) is 49.0 Å². The van der Waals surface area contributed by atoms with Crippen molar-refractivity contribution < 1.29 is 13.9 Å². The number of halogens is 1. The number of carbonyl (C=O) groups excluding carboxylic acids is 1. The van der Waals surface area contributed by atoms with Crippen molar-refractivity contribution in [1.29, 1.82) is 0 Å². The van der Waals surface area contributed by atoms with Crippen molar-refractivity contribution in [3.63, 3.8) is 0 Å². The van der Waals surface area contributed by atoms with Crippen LogP contribution in [0.25, 0.3) is 22.6 Å². The van der Waals surface area contributed by atoms with Gasteiger partial charge in [-0.1, -0.05) is 19.9 Å². The highest BCUT2D eigenvalue weighted by atomic mass is 79.9. The Hall–Kier alpha value is -3.12. The van der Waals surface area contributed by atoms with Crippen LogP contribution in [-0.4, -0.2) is 17.5 Å². The number of oxazole rings is 1. The Morgan fingerprint density at radius 2 is 1.88 bits per heavy atom. The maximum Gasteiger partial charge on any atom is 0.255 e. The standard InChI is InChI=1S/C26H25BrN2O3/c1-4-16(3)18-8-13-24-22(15-18)29-26(32-24)17-6-10-20(11-7-17)28-25(30)19-9-12-23(31-5-2)21(27)14-19/h6-16H,4-5H2,1-3H3,(H,28,30). The van der Waals surface area contributed by atoms with Gasteiger partial charge in [0.1, 0.15) is 11.3 Å². The Labute approximate surface area is 195 Å². The van der Waals surface area contributed by atoms with Gasteiger partial charge in [0.05, 0.1) is 11.1 Å². The van der Waals surface area contributed by atoms with Crippen LogP contribution in [-0.2, 0) is 0 Å². The summed E-state index contributed by atoms with van der Waals surface area (Å²) in [5.74, 6) is 1.57. The third kappa shape index (κ3) is 4.70. The highest BCUT2D eigenvalue weighted by Crippen LogP contribution is 2.29. The van der Waals surface area contributed by atoms with Crippen molar-refractivity contribution in [2.45, 2.75) is 33.1 Å². The fourth-order valence-corrected chi connectivity index (χ4v) is 3.92. The van der Waals surface area contributed by atoms with Crippen LogP contribution in [0.15, 0.2) is 69.6 Å². The molecule has 5 nitrogen and oxygen atoms in total. The predicted octanol–water partition coefficient (Wildman–Crippen LogP) is 7.42. The highest BCUT2D eigenvalue weighted by Gasteiger charge is 2.13. The molecule has 164 valence electrons. The molecule has 1 aromatic heterocycles. The molecule has 0 fully saturated rings. The van der Waals surface area contributed by atoms with Crippen molar-refractivity contribution >= 4 is 38.6 Å². The summed E-state index contributed by atoms with van der Waals surface area (Å²) < 4.78 is 12.2. The second-order valence-electron chi connectivity index (χ2n) is 7.67. The van der Waals surface area contributed by atoms with Gasteiger partial charge in [-0.05, 0) is 95.4 Å². The lowest BCUT2D eigenvalue weighted by Crippen LogP contribution is -2.11. The number of hydrogen-bond acceptors (Lipinski definition) is 4. The number of benzene rings is 3. The van der Waals surface area contributed by atoms with Gasteiger partial charge >= 0.3 is 0 Å². The van der Waals surface area contributed by atoms with E-state index in [4.69, 9.17) is 9.15 Å². The maximum atomic E-state index is 12.6. The molecule has 0 aliphatic heterocycles. The normalized spacial score (nSPS) is 12.0. The Balaban J connectivity index is 1.49. The molecule has 0 saturated heterocycles. The van der Waals surface area contributed by atoms with Crippen molar-refractivity contribution in [3.05, 3.63) is 76.3 Å². The molecule has 1 N–H and O–H groups in total. The number of hydrogen-bond donors (Lipinski definition) is 1. The van der Waals surface area contributed by atoms with Gasteiger partial charge in [-0.3, -0.25) is 4.79 Å². The van der Waals surface area contributed by atoms with Crippen LogP contribution in [0.2, 0.25) is 0 Å². The predicted molar refractivity (Wildman–Crippen MR) is 131 cm³/mol. The van der Waals surface area contributed by atoms with E-state index >= 15 is 0 Å². The summed E-state index contributed by atoms with van der Waals surface area (Å²) in [6.45, 7) is 6.87. The van der Waals surface area contributed by atoms with Crippen LogP contribution >= 0.6 is 15.9 Å². The molecule has 0 aliphatic rings. The van der Waals surface area contributed by atoms with E-state index in [0.29, 0.717) is 35.4 Å². The monoisotopic (exact) mass is 492 g/mol. The van der Waals surface area contributed by atoms with Gasteiger partial charge in [-0.2, -0.15) is 0 Å². The van der Waals surface area contributed by atoms with Crippen LogP contribution in [0.5, 0.6) is 5.75 Å². The van der Waals surface area contributed by atoms with Gasteiger partial charge in [0.15, 0.2) is 5.58 Å². The largest absolute Gasteiger partial charge is 0.493 e. The van der Waals surface area contributed by atoms with Gasteiger partial charge in [-0.15, -0.1) is 0 Å². The number of anilines is 1. The summed E-state index contributed by atoms with van der Waals surface area (Å²) in [6.07, 6.45) is 1.08. The number of rotatable bonds is 7. The Morgan fingerprint density at radius 3 is 2.56 bits per heavy atom. The summed E-state index contributed by atoms with van der Waals surface area (Å²) in [5.41, 5.74) is 4.98. The third-order valence-electron chi connectivity index (χ3n) is 5.48. The van der Waals surface area contributed by atoms with E-state index in [0.717, 1.165) is 27.6 Å². The van der Waals surface area contributed by atoms with Crippen LogP contribution in [0.3, 0.4) is 0 Å². The second-order valence-corrected chi connectivity index (χ2v) is 8.52. The topological polar surface area (TPSA) is 64.4 Å². The molecular weight excluding hydrogens is 468 g/mol. The SMILES string of the molecule is CCOc1ccc(C(=O)Nc2ccc(-c3nc4cc(C(C)CC)ccc4o3)cc2)cc1Br. The first-order valence-corrected chi connectivity index (χ1v) is 11.5. The first kappa shape index (κ1) is 22.1. The molecule has 32 heavy (non-hydrogen) atoms. The lowest BCUT2D eigenvalue weighted by atomic mass is 9.98. The summed E-state index contributed by atoms with van der Waals surface area (Å²) >= 11 is 3.45. The summed E-state index contributed by atoms with van der Waals surface area (Å²) in [4.78, 5) is 17.3. The molecule has 0 bridgehead atoms. The van der Waals surface area contributed by atoms with Gasteiger partial charge in [0, 0.05) is 16.8 Å². The van der Waals surface area contributed by atoms with E-state index in [2.05, 4.69) is 52.2 Å². The van der Waals surface area contributed by atoms with Gasteiger partial charge in [0.25, 0.3) is 5.91 Å². The lowest BCUT2D eigenvalue weighted by Gasteiger charge is -2.09. The summed E-state index contributed by atoms with van der Waals surface area (Å²) in [6, 6.07) is 18.9. The number of ether oxygens (including phenoxy) is 1. The molecule has 1 heterocycles. The second kappa shape index (κ2) is 9.57. The van der Waals surface area contributed by atoms with Crippen LogP contribution in [0.4, 0.5) is 5.69 Å². The first-order valence-electron chi connectivity index (χ1n) is 10.7. The fourth-order valence-electron chi connectivity index (χ4n) is 3.42. The number of nitrogens with one attached hydrogen (secondary N) is 1. The quantitative estimate of drug-likeness (QED) is 0.291.